The number of carbonyl (C=O) groups is 3. The van der Waals surface area contributed by atoms with E-state index < -0.39 is 22.8 Å². The van der Waals surface area contributed by atoms with Gasteiger partial charge in [-0.25, -0.2) is 0 Å². The number of hydrogen-bond donors (Lipinski definition) is 0. The maximum Gasteiger partial charge on any atom is 0.264 e. The van der Waals surface area contributed by atoms with Gasteiger partial charge in [0.25, 0.3) is 5.78 Å². The van der Waals surface area contributed by atoms with Gasteiger partial charge in [-0.1, -0.05) is 27.7 Å². The molecule has 0 aromatic carbocycles. The second-order valence-electron chi connectivity index (χ2n) is 5.03. The molecule has 0 N–H and O–H groups in total. The quantitative estimate of drug-likeness (QED) is 0.707. The zero-order valence-electron chi connectivity index (χ0n) is 11.3. The SMILES string of the molecule is CCC1(CC)CC(=O)C(=O)C(=O)C1(CC)CC. The molecule has 0 saturated heterocycles. The van der Waals surface area contributed by atoms with Crippen LogP contribution in [-0.2, 0) is 14.4 Å². The van der Waals surface area contributed by atoms with Crippen molar-refractivity contribution in [2.24, 2.45) is 10.8 Å². The molecule has 0 aromatic rings. The lowest BCUT2D eigenvalue weighted by molar-refractivity contribution is -0.162. The normalized spacial score (nSPS) is 22.9. The minimum Gasteiger partial charge on any atom is -0.290 e. The van der Waals surface area contributed by atoms with Crippen LogP contribution in [0.1, 0.15) is 59.8 Å². The third-order valence-corrected chi connectivity index (χ3v) is 4.97. The zero-order valence-corrected chi connectivity index (χ0v) is 11.3. The molecule has 1 aliphatic rings. The summed E-state index contributed by atoms with van der Waals surface area (Å²) < 4.78 is 0. The minimum absolute atomic E-state index is 0.242. The van der Waals surface area contributed by atoms with Gasteiger partial charge in [-0.3, -0.25) is 14.4 Å². The van der Waals surface area contributed by atoms with Gasteiger partial charge in [0.15, 0.2) is 0 Å². The first-order chi connectivity index (χ1) is 7.94. The van der Waals surface area contributed by atoms with Crippen LogP contribution in [0.2, 0.25) is 0 Å². The fraction of sp³-hybridized carbons (Fsp3) is 0.786. The number of ketones is 3. The van der Waals surface area contributed by atoms with Gasteiger partial charge in [0, 0.05) is 11.8 Å². The van der Waals surface area contributed by atoms with E-state index >= 15 is 0 Å². The van der Waals surface area contributed by atoms with Crippen LogP contribution in [0.5, 0.6) is 0 Å². The summed E-state index contributed by atoms with van der Waals surface area (Å²) in [7, 11) is 0. The van der Waals surface area contributed by atoms with E-state index in [0.29, 0.717) is 12.8 Å². The van der Waals surface area contributed by atoms with Crippen LogP contribution in [0, 0.1) is 10.8 Å². The van der Waals surface area contributed by atoms with Gasteiger partial charge in [0.2, 0.25) is 11.6 Å². The molecule has 17 heavy (non-hydrogen) atoms. The van der Waals surface area contributed by atoms with Crippen LogP contribution in [-0.4, -0.2) is 17.3 Å². The van der Waals surface area contributed by atoms with Gasteiger partial charge in [-0.15, -0.1) is 0 Å². The van der Waals surface area contributed by atoms with Gasteiger partial charge in [-0.05, 0) is 31.1 Å². The van der Waals surface area contributed by atoms with E-state index in [0.717, 1.165) is 12.8 Å². The summed E-state index contributed by atoms with van der Waals surface area (Å²) in [5.74, 6) is -1.70. The highest BCUT2D eigenvalue weighted by molar-refractivity contribution is 6.66. The molecule has 0 spiro atoms. The molecule has 0 bridgehead atoms. The molecule has 0 heterocycles. The Labute approximate surface area is 103 Å². The summed E-state index contributed by atoms with van der Waals surface area (Å²) >= 11 is 0. The standard InChI is InChI=1S/C14H22O3/c1-5-13(6-2)9-10(15)11(16)12(17)14(13,7-3)8-4/h5-9H2,1-4H3. The molecule has 0 unspecified atom stereocenters. The van der Waals surface area contributed by atoms with Crippen LogP contribution in [0.3, 0.4) is 0 Å². The Kier molecular flexibility index (Phi) is 3.90. The average Bonchev–Trinajstić information content (AvgIpc) is 2.36. The van der Waals surface area contributed by atoms with Crippen LogP contribution in [0.15, 0.2) is 0 Å². The van der Waals surface area contributed by atoms with Crippen molar-refractivity contribution >= 4 is 17.3 Å². The topological polar surface area (TPSA) is 51.2 Å². The van der Waals surface area contributed by atoms with E-state index in [4.69, 9.17) is 0 Å². The first-order valence-corrected chi connectivity index (χ1v) is 6.56. The fourth-order valence-electron chi connectivity index (χ4n) is 3.64. The van der Waals surface area contributed by atoms with Crippen molar-refractivity contribution in [2.45, 2.75) is 59.8 Å². The predicted octanol–water partition coefficient (Wildman–Crippen LogP) is 2.71. The smallest absolute Gasteiger partial charge is 0.264 e. The number of rotatable bonds is 4. The predicted molar refractivity (Wildman–Crippen MR) is 65.7 cm³/mol. The molecule has 3 heteroatoms. The van der Waals surface area contributed by atoms with Crippen LogP contribution < -0.4 is 0 Å². The van der Waals surface area contributed by atoms with Gasteiger partial charge in [0.1, 0.15) is 0 Å². The summed E-state index contributed by atoms with van der Waals surface area (Å²) in [6.07, 6.45) is 3.07. The first kappa shape index (κ1) is 14.1. The molecule has 0 amide bonds. The molecule has 0 radical (unpaired) electrons. The van der Waals surface area contributed by atoms with Gasteiger partial charge in [-0.2, -0.15) is 0 Å². The van der Waals surface area contributed by atoms with Crippen molar-refractivity contribution in [3.8, 4) is 0 Å². The van der Waals surface area contributed by atoms with Crippen molar-refractivity contribution in [3.05, 3.63) is 0 Å². The number of carbonyl (C=O) groups excluding carboxylic acids is 3. The van der Waals surface area contributed by atoms with Crippen LogP contribution in [0.25, 0.3) is 0 Å². The maximum absolute atomic E-state index is 12.3. The van der Waals surface area contributed by atoms with Crippen LogP contribution in [0.4, 0.5) is 0 Å². The van der Waals surface area contributed by atoms with Gasteiger partial charge >= 0.3 is 0 Å². The van der Waals surface area contributed by atoms with E-state index in [1.807, 2.05) is 27.7 Å². The molecule has 0 aliphatic heterocycles. The monoisotopic (exact) mass is 238 g/mol. The maximum atomic E-state index is 12.3. The Balaban J connectivity index is 3.40. The second-order valence-corrected chi connectivity index (χ2v) is 5.03. The molecule has 96 valence electrons. The highest BCUT2D eigenvalue weighted by atomic mass is 16.2. The Morgan fingerprint density at radius 3 is 1.71 bits per heavy atom. The summed E-state index contributed by atoms with van der Waals surface area (Å²) in [5, 5.41) is 0. The summed E-state index contributed by atoms with van der Waals surface area (Å²) in [6.45, 7) is 7.93. The lowest BCUT2D eigenvalue weighted by Crippen LogP contribution is -2.56. The fourth-order valence-corrected chi connectivity index (χ4v) is 3.64. The molecule has 1 aliphatic carbocycles. The summed E-state index contributed by atoms with van der Waals surface area (Å²) in [4.78, 5) is 35.6. The number of hydrogen-bond acceptors (Lipinski definition) is 3. The van der Waals surface area contributed by atoms with E-state index in [1.54, 1.807) is 0 Å². The zero-order chi connectivity index (χ0) is 13.3. The highest BCUT2D eigenvalue weighted by Gasteiger charge is 2.59. The minimum atomic E-state index is -0.772. The van der Waals surface area contributed by atoms with E-state index in [-0.39, 0.29) is 11.8 Å². The number of Topliss-reactive ketones (excluding diaryl/α,β-unsaturated/α-hetero) is 3. The van der Waals surface area contributed by atoms with Crippen molar-refractivity contribution in [2.75, 3.05) is 0 Å². The highest BCUT2D eigenvalue weighted by Crippen LogP contribution is 2.55. The molecule has 1 saturated carbocycles. The van der Waals surface area contributed by atoms with Crippen molar-refractivity contribution < 1.29 is 14.4 Å². The Morgan fingerprint density at radius 2 is 1.35 bits per heavy atom. The Bertz CT molecular complexity index is 346. The van der Waals surface area contributed by atoms with Crippen molar-refractivity contribution in [1.29, 1.82) is 0 Å². The van der Waals surface area contributed by atoms with Crippen LogP contribution >= 0.6 is 0 Å². The molecule has 1 fully saturated rings. The molecular weight excluding hydrogens is 216 g/mol. The first-order valence-electron chi connectivity index (χ1n) is 6.56. The van der Waals surface area contributed by atoms with Gasteiger partial charge in [0.05, 0.1) is 0 Å². The summed E-state index contributed by atoms with van der Waals surface area (Å²) in [5.41, 5.74) is -0.944. The third-order valence-electron chi connectivity index (χ3n) is 4.97. The molecular formula is C14H22O3. The van der Waals surface area contributed by atoms with Crippen molar-refractivity contribution in [1.82, 2.24) is 0 Å². The second kappa shape index (κ2) is 4.71. The summed E-state index contributed by atoms with van der Waals surface area (Å²) in [6, 6.07) is 0. The van der Waals surface area contributed by atoms with E-state index in [9.17, 15) is 14.4 Å². The van der Waals surface area contributed by atoms with Gasteiger partial charge < -0.3 is 0 Å². The Hall–Kier alpha value is -0.990. The Morgan fingerprint density at radius 1 is 0.882 bits per heavy atom. The van der Waals surface area contributed by atoms with E-state index in [2.05, 4.69) is 0 Å². The molecule has 0 aromatic heterocycles. The third kappa shape index (κ3) is 1.67. The lowest BCUT2D eigenvalue weighted by Gasteiger charge is -2.50. The lowest BCUT2D eigenvalue weighted by atomic mass is 9.50. The van der Waals surface area contributed by atoms with Crippen molar-refractivity contribution in [3.63, 3.8) is 0 Å². The molecule has 0 atom stereocenters. The average molecular weight is 238 g/mol. The molecule has 3 nitrogen and oxygen atoms in total. The molecule has 1 rings (SSSR count). The van der Waals surface area contributed by atoms with E-state index in [1.165, 1.54) is 0 Å². The largest absolute Gasteiger partial charge is 0.290 e.